The molecule has 178 valence electrons. The van der Waals surface area contributed by atoms with Crippen molar-refractivity contribution in [1.29, 1.82) is 0 Å². The summed E-state index contributed by atoms with van der Waals surface area (Å²) < 4.78 is 120. The molecule has 1 aromatic rings. The molecule has 1 N–H and O–H groups in total. The predicted molar refractivity (Wildman–Crippen MR) is 95.3 cm³/mol. The molecule has 0 fully saturated rings. The van der Waals surface area contributed by atoms with Gasteiger partial charge in [0, 0.05) is 6.08 Å². The lowest BCUT2D eigenvalue weighted by Crippen LogP contribution is -2.63. The standard InChI is InChI=1S/C18H16F6O7S/c1-2-14(25)30-13-8-4-5-10-11(13)6-3-7-12(10)15(26)31-16(17(19,20)21,18(22,23)24)9-32(27,28)29/h2,4-5,8,12H,1,3,6-7,9H2,(H,27,28,29). The molecule has 0 heterocycles. The first kappa shape index (κ1) is 25.6. The lowest BCUT2D eigenvalue weighted by atomic mass is 9.82. The molecule has 0 aromatic heterocycles. The minimum atomic E-state index is -6.42. The van der Waals surface area contributed by atoms with E-state index in [1.54, 1.807) is 0 Å². The maximum absolute atomic E-state index is 13.4. The quantitative estimate of drug-likeness (QED) is 0.214. The van der Waals surface area contributed by atoms with E-state index in [9.17, 15) is 44.3 Å². The smallest absolute Gasteiger partial charge is 0.438 e. The average Bonchev–Trinajstić information content (AvgIpc) is 2.64. The number of fused-ring (bicyclic) bond motifs is 1. The van der Waals surface area contributed by atoms with Crippen LogP contribution in [-0.4, -0.2) is 48.6 Å². The number of alkyl halides is 6. The third-order valence-corrected chi connectivity index (χ3v) is 5.47. The van der Waals surface area contributed by atoms with Gasteiger partial charge in [-0.25, -0.2) is 4.79 Å². The number of hydrogen-bond acceptors (Lipinski definition) is 6. The van der Waals surface area contributed by atoms with Crippen LogP contribution < -0.4 is 4.74 Å². The van der Waals surface area contributed by atoms with Crippen LogP contribution >= 0.6 is 0 Å². The van der Waals surface area contributed by atoms with E-state index in [0.717, 1.165) is 6.08 Å². The van der Waals surface area contributed by atoms with Crippen LogP contribution in [0.1, 0.15) is 29.9 Å². The first-order valence-corrected chi connectivity index (χ1v) is 10.4. The molecule has 1 unspecified atom stereocenters. The molecular weight excluding hydrogens is 474 g/mol. The zero-order valence-corrected chi connectivity index (χ0v) is 16.8. The second-order valence-corrected chi connectivity index (χ2v) is 8.32. The first-order chi connectivity index (χ1) is 14.5. The Morgan fingerprint density at radius 3 is 2.25 bits per heavy atom. The largest absolute Gasteiger partial charge is 0.438 e. The fourth-order valence-corrected chi connectivity index (χ4v) is 4.17. The highest BCUT2D eigenvalue weighted by molar-refractivity contribution is 7.85. The van der Waals surface area contributed by atoms with Crippen molar-refractivity contribution in [2.45, 2.75) is 43.1 Å². The van der Waals surface area contributed by atoms with Crippen molar-refractivity contribution < 1.29 is 58.4 Å². The van der Waals surface area contributed by atoms with Gasteiger partial charge in [-0.15, -0.1) is 0 Å². The van der Waals surface area contributed by atoms with Crippen molar-refractivity contribution in [1.82, 2.24) is 0 Å². The highest BCUT2D eigenvalue weighted by Crippen LogP contribution is 2.48. The average molecular weight is 490 g/mol. The zero-order valence-electron chi connectivity index (χ0n) is 16.0. The van der Waals surface area contributed by atoms with E-state index < -0.39 is 51.7 Å². The molecule has 0 radical (unpaired) electrons. The Balaban J connectivity index is 2.52. The first-order valence-electron chi connectivity index (χ1n) is 8.80. The van der Waals surface area contributed by atoms with Crippen molar-refractivity contribution in [3.8, 4) is 5.75 Å². The molecule has 2 rings (SSSR count). The van der Waals surface area contributed by atoms with Crippen molar-refractivity contribution in [3.63, 3.8) is 0 Å². The Labute approximate surface area is 177 Å². The summed E-state index contributed by atoms with van der Waals surface area (Å²) in [4.78, 5) is 24.0. The van der Waals surface area contributed by atoms with E-state index in [1.807, 2.05) is 0 Å². The van der Waals surface area contributed by atoms with Gasteiger partial charge < -0.3 is 9.47 Å². The number of esters is 2. The Kier molecular flexibility index (Phi) is 7.00. The van der Waals surface area contributed by atoms with Gasteiger partial charge in [0.15, 0.2) is 0 Å². The number of carbonyl (C=O) groups is 2. The molecule has 1 aliphatic rings. The Bertz CT molecular complexity index is 1000. The second kappa shape index (κ2) is 8.73. The lowest BCUT2D eigenvalue weighted by molar-refractivity contribution is -0.361. The predicted octanol–water partition coefficient (Wildman–Crippen LogP) is 3.49. The van der Waals surface area contributed by atoms with Crippen LogP contribution in [0.4, 0.5) is 26.3 Å². The maximum atomic E-state index is 13.4. The fourth-order valence-electron chi connectivity index (χ4n) is 3.27. The SMILES string of the molecule is C=CC(=O)Oc1cccc2c1CCCC2C(=O)OC(CS(=O)(=O)O)(C(F)(F)F)C(F)(F)F. The van der Waals surface area contributed by atoms with E-state index in [1.165, 1.54) is 18.2 Å². The van der Waals surface area contributed by atoms with Crippen LogP contribution in [0.2, 0.25) is 0 Å². The molecule has 0 aliphatic heterocycles. The monoisotopic (exact) mass is 490 g/mol. The summed E-state index contributed by atoms with van der Waals surface area (Å²) in [6.45, 7) is 3.20. The number of halogens is 6. The molecule has 1 atom stereocenters. The third-order valence-electron chi connectivity index (χ3n) is 4.70. The topological polar surface area (TPSA) is 107 Å². The fraction of sp³-hybridized carbons (Fsp3) is 0.444. The Morgan fingerprint density at radius 2 is 1.75 bits per heavy atom. The summed E-state index contributed by atoms with van der Waals surface area (Å²) in [5, 5.41) is 0. The molecule has 14 heteroatoms. The molecule has 1 aliphatic carbocycles. The van der Waals surface area contributed by atoms with Gasteiger partial charge in [0.25, 0.3) is 10.1 Å². The van der Waals surface area contributed by atoms with Gasteiger partial charge in [-0.05, 0) is 36.5 Å². The van der Waals surface area contributed by atoms with Crippen LogP contribution in [-0.2, 0) is 30.9 Å². The summed E-state index contributed by atoms with van der Waals surface area (Å²) in [6.07, 6.45) is -11.9. The third kappa shape index (κ3) is 5.23. The summed E-state index contributed by atoms with van der Waals surface area (Å²) in [5.74, 6) is -7.57. The van der Waals surface area contributed by atoms with E-state index in [-0.39, 0.29) is 36.1 Å². The number of benzene rings is 1. The van der Waals surface area contributed by atoms with Crippen LogP contribution in [0.15, 0.2) is 30.9 Å². The van der Waals surface area contributed by atoms with Gasteiger partial charge in [0.05, 0.1) is 5.92 Å². The molecule has 1 aromatic carbocycles. The van der Waals surface area contributed by atoms with Crippen molar-refractivity contribution in [2.24, 2.45) is 0 Å². The van der Waals surface area contributed by atoms with Crippen molar-refractivity contribution >= 4 is 22.1 Å². The minimum absolute atomic E-state index is 0.0410. The Morgan fingerprint density at radius 1 is 1.16 bits per heavy atom. The zero-order chi connectivity index (χ0) is 24.5. The maximum Gasteiger partial charge on any atom is 0.438 e. The van der Waals surface area contributed by atoms with E-state index in [4.69, 9.17) is 9.29 Å². The van der Waals surface area contributed by atoms with Crippen molar-refractivity contribution in [2.75, 3.05) is 5.75 Å². The molecular formula is C18H16F6O7S. The van der Waals surface area contributed by atoms with Crippen LogP contribution in [0.25, 0.3) is 0 Å². The van der Waals surface area contributed by atoms with Crippen LogP contribution in [0.5, 0.6) is 5.75 Å². The van der Waals surface area contributed by atoms with Gasteiger partial charge in [-0.3, -0.25) is 9.35 Å². The normalized spacial score (nSPS) is 17.3. The molecule has 7 nitrogen and oxygen atoms in total. The molecule has 32 heavy (non-hydrogen) atoms. The highest BCUT2D eigenvalue weighted by Gasteiger charge is 2.76. The summed E-state index contributed by atoms with van der Waals surface area (Å²) in [7, 11) is -5.89. The minimum Gasteiger partial charge on any atom is -0.438 e. The summed E-state index contributed by atoms with van der Waals surface area (Å²) >= 11 is 0. The van der Waals surface area contributed by atoms with Crippen molar-refractivity contribution in [3.05, 3.63) is 42.0 Å². The molecule has 0 amide bonds. The van der Waals surface area contributed by atoms with Crippen LogP contribution in [0.3, 0.4) is 0 Å². The van der Waals surface area contributed by atoms with E-state index in [0.29, 0.717) is 0 Å². The Hall–Kier alpha value is -2.61. The van der Waals surface area contributed by atoms with Gasteiger partial charge >= 0.3 is 29.9 Å². The van der Waals surface area contributed by atoms with Gasteiger partial charge in [0.2, 0.25) is 0 Å². The summed E-state index contributed by atoms with van der Waals surface area (Å²) in [6, 6.07) is 3.80. The lowest BCUT2D eigenvalue weighted by Gasteiger charge is -2.37. The molecule has 0 spiro atoms. The van der Waals surface area contributed by atoms with Gasteiger partial charge in [-0.2, -0.15) is 34.8 Å². The van der Waals surface area contributed by atoms with Gasteiger partial charge in [0.1, 0.15) is 11.5 Å². The van der Waals surface area contributed by atoms with E-state index >= 15 is 0 Å². The molecule has 0 saturated heterocycles. The number of hydrogen-bond donors (Lipinski definition) is 1. The highest BCUT2D eigenvalue weighted by atomic mass is 32.2. The molecule has 0 bridgehead atoms. The molecule has 0 saturated carbocycles. The number of rotatable bonds is 6. The summed E-state index contributed by atoms with van der Waals surface area (Å²) in [5.41, 5.74) is -5.34. The van der Waals surface area contributed by atoms with Gasteiger partial charge in [-0.1, -0.05) is 18.7 Å². The number of ether oxygens (including phenoxy) is 2. The van der Waals surface area contributed by atoms with Crippen LogP contribution in [0, 0.1) is 0 Å². The second-order valence-electron chi connectivity index (χ2n) is 6.86. The number of carbonyl (C=O) groups excluding carboxylic acids is 2. The van der Waals surface area contributed by atoms with E-state index in [2.05, 4.69) is 11.3 Å².